The molecule has 1 aromatic carbocycles. The van der Waals surface area contributed by atoms with E-state index in [1.54, 1.807) is 11.8 Å². The summed E-state index contributed by atoms with van der Waals surface area (Å²) in [5.74, 6) is 1.76. The zero-order valence-electron chi connectivity index (χ0n) is 10.9. The van der Waals surface area contributed by atoms with Gasteiger partial charge in [0, 0.05) is 5.25 Å². The highest BCUT2D eigenvalue weighted by atomic mass is 32.2. The third-order valence-electron chi connectivity index (χ3n) is 2.38. The SMILES string of the molecule is COC(=O)CC(C)SCCCOc1ccccc1. The van der Waals surface area contributed by atoms with Gasteiger partial charge in [0.05, 0.1) is 20.1 Å². The van der Waals surface area contributed by atoms with E-state index in [0.29, 0.717) is 18.3 Å². The Morgan fingerprint density at radius 1 is 1.33 bits per heavy atom. The van der Waals surface area contributed by atoms with Crippen LogP contribution in [0.4, 0.5) is 0 Å². The van der Waals surface area contributed by atoms with Gasteiger partial charge in [0.2, 0.25) is 0 Å². The van der Waals surface area contributed by atoms with Gasteiger partial charge in [-0.2, -0.15) is 11.8 Å². The first-order valence-corrected chi connectivity index (χ1v) is 7.13. The molecule has 0 N–H and O–H groups in total. The van der Waals surface area contributed by atoms with Crippen LogP contribution in [0.5, 0.6) is 5.75 Å². The van der Waals surface area contributed by atoms with Gasteiger partial charge in [-0.25, -0.2) is 0 Å². The fourth-order valence-electron chi connectivity index (χ4n) is 1.43. The van der Waals surface area contributed by atoms with Crippen LogP contribution in [0.2, 0.25) is 0 Å². The van der Waals surface area contributed by atoms with Crippen molar-refractivity contribution in [2.75, 3.05) is 19.5 Å². The van der Waals surface area contributed by atoms with E-state index in [4.69, 9.17) is 4.74 Å². The molecule has 0 saturated carbocycles. The Morgan fingerprint density at radius 3 is 2.72 bits per heavy atom. The number of carbonyl (C=O) groups excluding carboxylic acids is 1. The van der Waals surface area contributed by atoms with Crippen LogP contribution >= 0.6 is 11.8 Å². The Kier molecular flexibility index (Phi) is 7.34. The van der Waals surface area contributed by atoms with Crippen molar-refractivity contribution >= 4 is 17.7 Å². The van der Waals surface area contributed by atoms with Crippen LogP contribution in [0.1, 0.15) is 19.8 Å². The lowest BCUT2D eigenvalue weighted by molar-refractivity contribution is -0.140. The predicted octanol–water partition coefficient (Wildman–Crippen LogP) is 3.14. The standard InChI is InChI=1S/C14H20O3S/c1-12(11-14(15)16-2)18-10-6-9-17-13-7-4-3-5-8-13/h3-5,7-8,12H,6,9-11H2,1-2H3. The van der Waals surface area contributed by atoms with E-state index in [2.05, 4.69) is 4.74 Å². The zero-order valence-corrected chi connectivity index (χ0v) is 11.7. The summed E-state index contributed by atoms with van der Waals surface area (Å²) in [6, 6.07) is 9.79. The number of hydrogen-bond acceptors (Lipinski definition) is 4. The summed E-state index contributed by atoms with van der Waals surface area (Å²) in [4.78, 5) is 11.0. The maximum absolute atomic E-state index is 11.0. The quantitative estimate of drug-likeness (QED) is 0.536. The van der Waals surface area contributed by atoms with E-state index in [0.717, 1.165) is 17.9 Å². The number of ether oxygens (including phenoxy) is 2. The molecule has 0 aliphatic rings. The third kappa shape index (κ3) is 6.55. The van der Waals surface area contributed by atoms with Crippen molar-refractivity contribution in [3.63, 3.8) is 0 Å². The number of esters is 1. The Morgan fingerprint density at radius 2 is 2.06 bits per heavy atom. The van der Waals surface area contributed by atoms with Crippen molar-refractivity contribution in [2.24, 2.45) is 0 Å². The molecule has 1 rings (SSSR count). The molecular formula is C14H20O3S. The van der Waals surface area contributed by atoms with Crippen molar-refractivity contribution < 1.29 is 14.3 Å². The van der Waals surface area contributed by atoms with Gasteiger partial charge >= 0.3 is 5.97 Å². The second kappa shape index (κ2) is 8.86. The van der Waals surface area contributed by atoms with E-state index in [1.165, 1.54) is 7.11 Å². The summed E-state index contributed by atoms with van der Waals surface area (Å²) in [6.45, 7) is 2.75. The minimum Gasteiger partial charge on any atom is -0.494 e. The molecule has 0 heterocycles. The summed E-state index contributed by atoms with van der Waals surface area (Å²) in [5.41, 5.74) is 0. The third-order valence-corrected chi connectivity index (χ3v) is 3.64. The van der Waals surface area contributed by atoms with Gasteiger partial charge in [-0.3, -0.25) is 4.79 Å². The second-order valence-corrected chi connectivity index (χ2v) is 5.52. The molecule has 100 valence electrons. The number of rotatable bonds is 8. The first-order valence-electron chi connectivity index (χ1n) is 6.08. The molecule has 0 radical (unpaired) electrons. The fourth-order valence-corrected chi connectivity index (χ4v) is 2.37. The monoisotopic (exact) mass is 268 g/mol. The lowest BCUT2D eigenvalue weighted by Gasteiger charge is -2.10. The largest absolute Gasteiger partial charge is 0.494 e. The summed E-state index contributed by atoms with van der Waals surface area (Å²) in [7, 11) is 1.42. The molecule has 0 aliphatic heterocycles. The summed E-state index contributed by atoms with van der Waals surface area (Å²) < 4.78 is 10.2. The molecule has 0 saturated heterocycles. The maximum atomic E-state index is 11.0. The van der Waals surface area contributed by atoms with Crippen molar-refractivity contribution in [1.82, 2.24) is 0 Å². The molecule has 0 aromatic heterocycles. The predicted molar refractivity (Wildman–Crippen MR) is 75.1 cm³/mol. The first-order chi connectivity index (χ1) is 8.72. The highest BCUT2D eigenvalue weighted by molar-refractivity contribution is 7.99. The van der Waals surface area contributed by atoms with Gasteiger partial charge in [0.25, 0.3) is 0 Å². The summed E-state index contributed by atoms with van der Waals surface area (Å²) in [6.07, 6.45) is 1.45. The molecule has 0 amide bonds. The van der Waals surface area contributed by atoms with E-state index in [1.807, 2.05) is 37.3 Å². The number of thioether (sulfide) groups is 1. The van der Waals surface area contributed by atoms with Crippen LogP contribution in [0, 0.1) is 0 Å². The highest BCUT2D eigenvalue weighted by Crippen LogP contribution is 2.16. The Bertz CT molecular complexity index is 340. The topological polar surface area (TPSA) is 35.5 Å². The van der Waals surface area contributed by atoms with Crippen LogP contribution < -0.4 is 4.74 Å². The van der Waals surface area contributed by atoms with E-state index < -0.39 is 0 Å². The Labute approximate surface area is 113 Å². The van der Waals surface area contributed by atoms with Crippen LogP contribution in [-0.4, -0.2) is 30.7 Å². The second-order valence-electron chi connectivity index (χ2n) is 3.98. The number of methoxy groups -OCH3 is 1. The molecule has 18 heavy (non-hydrogen) atoms. The average Bonchev–Trinajstić information content (AvgIpc) is 2.39. The average molecular weight is 268 g/mol. The van der Waals surface area contributed by atoms with Crippen LogP contribution in [0.15, 0.2) is 30.3 Å². The molecule has 1 atom stereocenters. The van der Waals surface area contributed by atoms with Gasteiger partial charge < -0.3 is 9.47 Å². The number of carbonyl (C=O) groups is 1. The molecule has 1 unspecified atom stereocenters. The summed E-state index contributed by atoms with van der Waals surface area (Å²) in [5, 5.41) is 0.300. The van der Waals surface area contributed by atoms with Crippen molar-refractivity contribution in [3.8, 4) is 5.75 Å². The van der Waals surface area contributed by atoms with E-state index in [-0.39, 0.29) is 5.97 Å². The number of para-hydroxylation sites is 1. The molecule has 1 aromatic rings. The molecule has 4 heteroatoms. The minimum atomic E-state index is -0.143. The molecule has 0 aliphatic carbocycles. The normalized spacial score (nSPS) is 11.9. The molecule has 0 spiro atoms. The van der Waals surface area contributed by atoms with E-state index >= 15 is 0 Å². The Balaban J connectivity index is 2.03. The molecule has 3 nitrogen and oxygen atoms in total. The fraction of sp³-hybridized carbons (Fsp3) is 0.500. The minimum absolute atomic E-state index is 0.143. The molecule has 0 fully saturated rings. The number of hydrogen-bond donors (Lipinski definition) is 0. The highest BCUT2D eigenvalue weighted by Gasteiger charge is 2.08. The van der Waals surface area contributed by atoms with Gasteiger partial charge in [0.15, 0.2) is 0 Å². The van der Waals surface area contributed by atoms with E-state index in [9.17, 15) is 4.79 Å². The lowest BCUT2D eigenvalue weighted by Crippen LogP contribution is -2.09. The zero-order chi connectivity index (χ0) is 13.2. The van der Waals surface area contributed by atoms with Crippen molar-refractivity contribution in [1.29, 1.82) is 0 Å². The van der Waals surface area contributed by atoms with Crippen molar-refractivity contribution in [2.45, 2.75) is 25.0 Å². The van der Waals surface area contributed by atoms with Gasteiger partial charge in [-0.1, -0.05) is 25.1 Å². The van der Waals surface area contributed by atoms with Gasteiger partial charge in [-0.15, -0.1) is 0 Å². The van der Waals surface area contributed by atoms with Crippen LogP contribution in [0.25, 0.3) is 0 Å². The molecule has 0 bridgehead atoms. The van der Waals surface area contributed by atoms with Crippen LogP contribution in [-0.2, 0) is 9.53 Å². The first kappa shape index (κ1) is 14.9. The van der Waals surface area contributed by atoms with Gasteiger partial charge in [0.1, 0.15) is 5.75 Å². The van der Waals surface area contributed by atoms with Crippen LogP contribution in [0.3, 0.4) is 0 Å². The maximum Gasteiger partial charge on any atom is 0.306 e. The smallest absolute Gasteiger partial charge is 0.306 e. The lowest BCUT2D eigenvalue weighted by atomic mass is 10.3. The van der Waals surface area contributed by atoms with Crippen molar-refractivity contribution in [3.05, 3.63) is 30.3 Å². The van der Waals surface area contributed by atoms with Gasteiger partial charge in [-0.05, 0) is 24.3 Å². The Hall–Kier alpha value is -1.16. The summed E-state index contributed by atoms with van der Waals surface area (Å²) >= 11 is 1.77. The molecular weight excluding hydrogens is 248 g/mol. The number of benzene rings is 1.